The molecule has 0 amide bonds. The van der Waals surface area contributed by atoms with Gasteiger partial charge in [0.25, 0.3) is 0 Å². The number of aryl methyl sites for hydroxylation is 1. The minimum absolute atomic E-state index is 0.478. The monoisotopic (exact) mass is 251 g/mol. The van der Waals surface area contributed by atoms with E-state index in [9.17, 15) is 13.2 Å². The maximum atomic E-state index is 12.6. The lowest BCUT2D eigenvalue weighted by Gasteiger charge is -2.11. The van der Waals surface area contributed by atoms with E-state index < -0.39 is 11.7 Å². The minimum atomic E-state index is -4.34. The summed E-state index contributed by atoms with van der Waals surface area (Å²) in [6, 6.07) is 10.5. The SMILES string of the molecule is Cc1cccc(-c2cccc(C(F)(F)F)c2)c1N. The maximum absolute atomic E-state index is 12.6. The highest BCUT2D eigenvalue weighted by atomic mass is 19.4. The molecule has 94 valence electrons. The van der Waals surface area contributed by atoms with E-state index in [1.807, 2.05) is 13.0 Å². The Labute approximate surface area is 103 Å². The van der Waals surface area contributed by atoms with Crippen LogP contribution >= 0.6 is 0 Å². The molecule has 0 saturated heterocycles. The number of hydrogen-bond donors (Lipinski definition) is 1. The highest BCUT2D eigenvalue weighted by molar-refractivity contribution is 5.78. The molecule has 2 aromatic carbocycles. The van der Waals surface area contributed by atoms with Crippen LogP contribution in [0.1, 0.15) is 11.1 Å². The summed E-state index contributed by atoms with van der Waals surface area (Å²) in [5, 5.41) is 0. The van der Waals surface area contributed by atoms with E-state index in [0.29, 0.717) is 16.8 Å². The first-order valence-electron chi connectivity index (χ1n) is 5.42. The Bertz CT molecular complexity index is 573. The second-order valence-corrected chi connectivity index (χ2v) is 4.11. The van der Waals surface area contributed by atoms with Gasteiger partial charge in [0.05, 0.1) is 5.56 Å². The van der Waals surface area contributed by atoms with Crippen molar-refractivity contribution in [3.05, 3.63) is 53.6 Å². The third kappa shape index (κ3) is 2.32. The lowest BCUT2D eigenvalue weighted by molar-refractivity contribution is -0.137. The van der Waals surface area contributed by atoms with E-state index in [2.05, 4.69) is 0 Å². The molecule has 0 aliphatic rings. The minimum Gasteiger partial charge on any atom is -0.398 e. The molecule has 0 atom stereocenters. The molecule has 0 saturated carbocycles. The Kier molecular flexibility index (Phi) is 3.03. The van der Waals surface area contributed by atoms with Crippen LogP contribution in [0.5, 0.6) is 0 Å². The van der Waals surface area contributed by atoms with Gasteiger partial charge in [0.15, 0.2) is 0 Å². The van der Waals surface area contributed by atoms with Crippen molar-refractivity contribution in [2.45, 2.75) is 13.1 Å². The lowest BCUT2D eigenvalue weighted by atomic mass is 9.99. The molecule has 0 bridgehead atoms. The fraction of sp³-hybridized carbons (Fsp3) is 0.143. The number of halogens is 3. The van der Waals surface area contributed by atoms with Crippen LogP contribution in [0.15, 0.2) is 42.5 Å². The molecular formula is C14H12F3N. The number of benzene rings is 2. The fourth-order valence-corrected chi connectivity index (χ4v) is 1.80. The Morgan fingerprint density at radius 1 is 1.00 bits per heavy atom. The van der Waals surface area contributed by atoms with Gasteiger partial charge in [-0.15, -0.1) is 0 Å². The number of hydrogen-bond acceptors (Lipinski definition) is 1. The van der Waals surface area contributed by atoms with Crippen LogP contribution in [-0.4, -0.2) is 0 Å². The number of nitrogens with two attached hydrogens (primary N) is 1. The van der Waals surface area contributed by atoms with Gasteiger partial charge in [-0.25, -0.2) is 0 Å². The molecule has 0 unspecified atom stereocenters. The zero-order valence-electron chi connectivity index (χ0n) is 9.75. The molecule has 0 aromatic heterocycles. The molecule has 18 heavy (non-hydrogen) atoms. The Morgan fingerprint density at radius 2 is 1.67 bits per heavy atom. The van der Waals surface area contributed by atoms with Gasteiger partial charge < -0.3 is 5.73 Å². The normalized spacial score (nSPS) is 11.6. The summed E-state index contributed by atoms with van der Waals surface area (Å²) in [4.78, 5) is 0. The number of alkyl halides is 3. The Hall–Kier alpha value is -1.97. The molecule has 0 fully saturated rings. The van der Waals surface area contributed by atoms with Gasteiger partial charge in [0, 0.05) is 11.3 Å². The first-order chi connectivity index (χ1) is 8.39. The van der Waals surface area contributed by atoms with E-state index in [-0.39, 0.29) is 0 Å². The van der Waals surface area contributed by atoms with Crippen molar-refractivity contribution in [3.63, 3.8) is 0 Å². The first kappa shape index (κ1) is 12.5. The van der Waals surface area contributed by atoms with Crippen LogP contribution in [0.25, 0.3) is 11.1 Å². The van der Waals surface area contributed by atoms with Crippen molar-refractivity contribution in [2.75, 3.05) is 5.73 Å². The molecule has 0 aliphatic heterocycles. The van der Waals surface area contributed by atoms with Crippen LogP contribution in [0.4, 0.5) is 18.9 Å². The second-order valence-electron chi connectivity index (χ2n) is 4.11. The topological polar surface area (TPSA) is 26.0 Å². The summed E-state index contributed by atoms with van der Waals surface area (Å²) in [5.41, 5.74) is 7.69. The van der Waals surface area contributed by atoms with Crippen molar-refractivity contribution < 1.29 is 13.2 Å². The highest BCUT2D eigenvalue weighted by Gasteiger charge is 2.30. The van der Waals surface area contributed by atoms with Gasteiger partial charge >= 0.3 is 6.18 Å². The zero-order valence-corrected chi connectivity index (χ0v) is 9.75. The summed E-state index contributed by atoms with van der Waals surface area (Å²) in [6.07, 6.45) is -4.34. The predicted molar refractivity (Wildman–Crippen MR) is 66.0 cm³/mol. The lowest BCUT2D eigenvalue weighted by Crippen LogP contribution is -2.04. The quantitative estimate of drug-likeness (QED) is 0.753. The molecule has 0 aliphatic carbocycles. The second kappa shape index (κ2) is 4.37. The summed E-state index contributed by atoms with van der Waals surface area (Å²) in [6.45, 7) is 1.83. The van der Waals surface area contributed by atoms with Crippen LogP contribution in [0.2, 0.25) is 0 Å². The van der Waals surface area contributed by atoms with Gasteiger partial charge in [-0.2, -0.15) is 13.2 Å². The molecule has 0 heterocycles. The molecule has 2 aromatic rings. The third-order valence-corrected chi connectivity index (χ3v) is 2.83. The number of anilines is 1. The fourth-order valence-electron chi connectivity index (χ4n) is 1.80. The van der Waals surface area contributed by atoms with Crippen LogP contribution in [0.3, 0.4) is 0 Å². The van der Waals surface area contributed by atoms with Crippen LogP contribution in [0, 0.1) is 6.92 Å². The van der Waals surface area contributed by atoms with Gasteiger partial charge in [-0.1, -0.05) is 30.3 Å². The van der Waals surface area contributed by atoms with Crippen molar-refractivity contribution in [2.24, 2.45) is 0 Å². The Morgan fingerprint density at radius 3 is 2.33 bits per heavy atom. The predicted octanol–water partition coefficient (Wildman–Crippen LogP) is 4.26. The maximum Gasteiger partial charge on any atom is 0.416 e. The van der Waals surface area contributed by atoms with Crippen LogP contribution in [-0.2, 0) is 6.18 Å². The molecule has 2 rings (SSSR count). The molecule has 1 nitrogen and oxygen atoms in total. The highest BCUT2D eigenvalue weighted by Crippen LogP contribution is 2.34. The van der Waals surface area contributed by atoms with Crippen molar-refractivity contribution in [1.29, 1.82) is 0 Å². The summed E-state index contributed by atoms with van der Waals surface area (Å²) < 4.78 is 37.9. The smallest absolute Gasteiger partial charge is 0.398 e. The zero-order chi connectivity index (χ0) is 13.3. The average Bonchev–Trinajstić information content (AvgIpc) is 2.32. The molecule has 0 spiro atoms. The van der Waals surface area contributed by atoms with Gasteiger partial charge in [-0.05, 0) is 30.2 Å². The van der Waals surface area contributed by atoms with E-state index in [1.165, 1.54) is 6.07 Å². The molecule has 2 N–H and O–H groups in total. The summed E-state index contributed by atoms with van der Waals surface area (Å²) in [5.74, 6) is 0. The van der Waals surface area contributed by atoms with E-state index >= 15 is 0 Å². The summed E-state index contributed by atoms with van der Waals surface area (Å²) in [7, 11) is 0. The standard InChI is InChI=1S/C14H12F3N/c1-9-4-2-7-12(13(9)18)10-5-3-6-11(8-10)14(15,16)17/h2-8H,18H2,1H3. The van der Waals surface area contributed by atoms with Gasteiger partial charge in [-0.3, -0.25) is 0 Å². The average molecular weight is 251 g/mol. The number of para-hydroxylation sites is 1. The third-order valence-electron chi connectivity index (χ3n) is 2.83. The van der Waals surface area contributed by atoms with Gasteiger partial charge in [0.1, 0.15) is 0 Å². The summed E-state index contributed by atoms with van der Waals surface area (Å²) >= 11 is 0. The van der Waals surface area contributed by atoms with E-state index in [4.69, 9.17) is 5.73 Å². The van der Waals surface area contributed by atoms with Crippen molar-refractivity contribution in [3.8, 4) is 11.1 Å². The molecule has 0 radical (unpaired) electrons. The van der Waals surface area contributed by atoms with Crippen LogP contribution < -0.4 is 5.73 Å². The molecular weight excluding hydrogens is 239 g/mol. The van der Waals surface area contributed by atoms with Crippen molar-refractivity contribution >= 4 is 5.69 Å². The first-order valence-corrected chi connectivity index (χ1v) is 5.42. The van der Waals surface area contributed by atoms with E-state index in [0.717, 1.165) is 17.7 Å². The van der Waals surface area contributed by atoms with Crippen molar-refractivity contribution in [1.82, 2.24) is 0 Å². The molecule has 4 heteroatoms. The number of rotatable bonds is 1. The van der Waals surface area contributed by atoms with Gasteiger partial charge in [0.2, 0.25) is 0 Å². The Balaban J connectivity index is 2.55. The van der Waals surface area contributed by atoms with E-state index in [1.54, 1.807) is 18.2 Å². The number of nitrogen functional groups attached to an aromatic ring is 1. The largest absolute Gasteiger partial charge is 0.416 e.